The summed E-state index contributed by atoms with van der Waals surface area (Å²) in [6, 6.07) is 1.09. The third-order valence-electron chi connectivity index (χ3n) is 2.64. The van der Waals surface area contributed by atoms with Gasteiger partial charge in [0, 0.05) is 12.3 Å². The number of aliphatic hydroxyl groups excluding tert-OH is 3. The van der Waals surface area contributed by atoms with Gasteiger partial charge in [-0.3, -0.25) is 14.3 Å². The van der Waals surface area contributed by atoms with Gasteiger partial charge in [-0.15, -0.1) is 0 Å². The summed E-state index contributed by atoms with van der Waals surface area (Å²) in [7, 11) is 0. The van der Waals surface area contributed by atoms with Crippen LogP contribution in [0.15, 0.2) is 21.9 Å². The number of H-pyrrole nitrogens is 1. The molecule has 1 saturated heterocycles. The molecule has 20 heavy (non-hydrogen) atoms. The summed E-state index contributed by atoms with van der Waals surface area (Å²) in [5.74, 6) is 0. The van der Waals surface area contributed by atoms with Gasteiger partial charge in [-0.2, -0.15) is 0 Å². The van der Waals surface area contributed by atoms with Crippen LogP contribution in [0.3, 0.4) is 0 Å². The molecule has 2 heterocycles. The maximum absolute atomic E-state index is 11.4. The van der Waals surface area contributed by atoms with E-state index in [1.807, 2.05) is 4.98 Å². The summed E-state index contributed by atoms with van der Waals surface area (Å²) in [6.45, 7) is -0.479. The normalized spacial score (nSPS) is 28.4. The van der Waals surface area contributed by atoms with E-state index in [1.54, 1.807) is 0 Å². The van der Waals surface area contributed by atoms with Crippen LogP contribution in [0.1, 0.15) is 6.23 Å². The van der Waals surface area contributed by atoms with Crippen molar-refractivity contribution in [3.8, 4) is 0 Å². The van der Waals surface area contributed by atoms with E-state index >= 15 is 0 Å². The summed E-state index contributed by atoms with van der Waals surface area (Å²) in [4.78, 5) is 24.3. The zero-order valence-electron chi connectivity index (χ0n) is 9.95. The van der Waals surface area contributed by atoms with Gasteiger partial charge in [-0.05, 0) is 0 Å². The Morgan fingerprint density at radius 1 is 1.30 bits per heavy atom. The molecule has 4 atom stereocenters. The molecule has 1 aromatic heterocycles. The van der Waals surface area contributed by atoms with Crippen molar-refractivity contribution in [2.75, 3.05) is 6.61 Å². The van der Waals surface area contributed by atoms with Crippen LogP contribution in [0, 0.1) is 0 Å². The van der Waals surface area contributed by atoms with Crippen molar-refractivity contribution in [2.45, 2.75) is 24.5 Å². The minimum absolute atomic E-state index is 0.479. The predicted molar refractivity (Wildman–Crippen MR) is 55.7 cm³/mol. The van der Waals surface area contributed by atoms with E-state index in [2.05, 4.69) is 0 Å². The molecule has 2 unspecified atom stereocenters. The van der Waals surface area contributed by atoms with Gasteiger partial charge in [0.2, 0.25) is 0 Å². The third kappa shape index (κ3) is 3.63. The van der Waals surface area contributed by atoms with E-state index in [4.69, 9.17) is 17.2 Å². The van der Waals surface area contributed by atoms with Crippen molar-refractivity contribution >= 4 is 0 Å². The van der Waals surface area contributed by atoms with Crippen LogP contribution in [-0.4, -0.2) is 49.8 Å². The first-order valence-electron chi connectivity index (χ1n) is 5.35. The van der Waals surface area contributed by atoms with Crippen LogP contribution in [-0.2, 0) is 28.3 Å². The monoisotopic (exact) mass is 327 g/mol. The minimum atomic E-state index is -1.81. The van der Waals surface area contributed by atoms with Gasteiger partial charge < -0.3 is 20.1 Å². The molecule has 11 heteroatoms. The fourth-order valence-electron chi connectivity index (χ4n) is 1.74. The van der Waals surface area contributed by atoms with Crippen molar-refractivity contribution in [1.82, 2.24) is 9.55 Å². The van der Waals surface area contributed by atoms with E-state index in [1.165, 1.54) is 0 Å². The molecule has 0 aliphatic carbocycles. The molecular formula is C9H12N2O8V. The van der Waals surface area contributed by atoms with Gasteiger partial charge in [0.1, 0.15) is 18.3 Å². The Hall–Kier alpha value is -1.30. The van der Waals surface area contributed by atoms with E-state index in [-0.39, 0.29) is 0 Å². The van der Waals surface area contributed by atoms with Crippen molar-refractivity contribution < 1.29 is 43.6 Å². The molecule has 0 bridgehead atoms. The molecule has 4 N–H and O–H groups in total. The average molecular weight is 327 g/mol. The number of hydrogen-bond acceptors (Lipinski definition) is 8. The summed E-state index contributed by atoms with van der Waals surface area (Å²) in [6.07, 6.45) is -3.58. The Morgan fingerprint density at radius 2 is 1.90 bits per heavy atom. The number of ether oxygens (including phenoxy) is 1. The Kier molecular flexibility index (Phi) is 6.26. The van der Waals surface area contributed by atoms with E-state index < -0.39 is 58.6 Å². The second-order valence-electron chi connectivity index (χ2n) is 3.82. The van der Waals surface area contributed by atoms with Gasteiger partial charge in [0.05, 0.1) is 6.61 Å². The van der Waals surface area contributed by atoms with Gasteiger partial charge in [0.15, 0.2) is 6.23 Å². The summed E-state index contributed by atoms with van der Waals surface area (Å²) < 4.78 is 23.0. The molecule has 10 nitrogen and oxygen atoms in total. The SMILES string of the molecule is O=c1ccn([C@H]2O[C@@H](CO)C(O)C2O)c(=O)[nH]1.[O]=[V]=[O]. The number of aromatic amines is 1. The van der Waals surface area contributed by atoms with E-state index in [9.17, 15) is 19.8 Å². The number of hydrogen-bond donors (Lipinski definition) is 4. The molecule has 1 aliphatic heterocycles. The van der Waals surface area contributed by atoms with Crippen LogP contribution < -0.4 is 11.2 Å². The number of aromatic nitrogens is 2. The molecule has 0 amide bonds. The molecule has 2 rings (SSSR count). The Bertz CT molecular complexity index is 592. The molecule has 0 aromatic carbocycles. The summed E-state index contributed by atoms with van der Waals surface area (Å²) in [5, 5.41) is 28.1. The van der Waals surface area contributed by atoms with Gasteiger partial charge in [-0.25, -0.2) is 4.79 Å². The molecule has 0 saturated carbocycles. The van der Waals surface area contributed by atoms with Crippen molar-refractivity contribution in [3.63, 3.8) is 0 Å². The first-order chi connectivity index (χ1) is 9.46. The zero-order valence-corrected chi connectivity index (χ0v) is 11.3. The van der Waals surface area contributed by atoms with E-state index in [0.717, 1.165) is 16.8 Å². The van der Waals surface area contributed by atoms with Crippen molar-refractivity contribution in [3.05, 3.63) is 33.1 Å². The van der Waals surface area contributed by atoms with E-state index in [0.29, 0.717) is 0 Å². The van der Waals surface area contributed by atoms with Crippen LogP contribution >= 0.6 is 0 Å². The molecule has 1 aliphatic rings. The van der Waals surface area contributed by atoms with Crippen LogP contribution in [0.5, 0.6) is 0 Å². The van der Waals surface area contributed by atoms with Gasteiger partial charge >= 0.3 is 29.2 Å². The fraction of sp³-hybridized carbons (Fsp3) is 0.556. The molecule has 1 fully saturated rings. The topological polar surface area (TPSA) is 159 Å². The van der Waals surface area contributed by atoms with Crippen molar-refractivity contribution in [1.29, 1.82) is 0 Å². The Morgan fingerprint density at radius 3 is 2.35 bits per heavy atom. The first-order valence-corrected chi connectivity index (χ1v) is 6.49. The average Bonchev–Trinajstić information content (AvgIpc) is 2.67. The number of nitrogens with zero attached hydrogens (tertiary/aromatic N) is 1. The number of aliphatic hydroxyl groups is 3. The maximum atomic E-state index is 11.4. The first kappa shape index (κ1) is 16.8. The Labute approximate surface area is 118 Å². The summed E-state index contributed by atoms with van der Waals surface area (Å²) >= 11 is -1.81. The number of nitrogens with one attached hydrogen (secondary N) is 1. The molecule has 1 aromatic rings. The Balaban J connectivity index is 0.000000612. The van der Waals surface area contributed by atoms with Gasteiger partial charge in [0.25, 0.3) is 5.56 Å². The molecule has 111 valence electrons. The fourth-order valence-corrected chi connectivity index (χ4v) is 1.74. The quantitative estimate of drug-likeness (QED) is 0.445. The van der Waals surface area contributed by atoms with Crippen LogP contribution in [0.4, 0.5) is 0 Å². The predicted octanol–water partition coefficient (Wildman–Crippen LogP) is -3.09. The molecule has 0 spiro atoms. The molecule has 0 radical (unpaired) electrons. The molecular weight excluding hydrogens is 315 g/mol. The number of rotatable bonds is 2. The third-order valence-corrected chi connectivity index (χ3v) is 2.64. The van der Waals surface area contributed by atoms with Gasteiger partial charge in [-0.1, -0.05) is 0 Å². The van der Waals surface area contributed by atoms with Crippen molar-refractivity contribution in [2.24, 2.45) is 0 Å². The summed E-state index contributed by atoms with van der Waals surface area (Å²) in [5.41, 5.74) is -1.33. The second-order valence-corrected chi connectivity index (χ2v) is 4.05. The van der Waals surface area contributed by atoms with Crippen LogP contribution in [0.25, 0.3) is 0 Å². The standard InChI is InChI=1S/C9H12N2O6.2O.V/c12-3-4-6(14)7(15)8(17-4)11-2-1-5(13)10-9(11)16;;;/h1-2,4,6-8,12,14-15H,3H2,(H,10,13,16);;;/t4-,6?,7?,8-;;;/m0.../s1. The second kappa shape index (κ2) is 7.48. The van der Waals surface area contributed by atoms with Crippen LogP contribution in [0.2, 0.25) is 0 Å². The zero-order chi connectivity index (χ0) is 15.3.